The normalized spacial score (nSPS) is 10.6. The van der Waals surface area contributed by atoms with E-state index in [-0.39, 0.29) is 11.9 Å². The summed E-state index contributed by atoms with van der Waals surface area (Å²) in [4.78, 5) is 37.8. The highest BCUT2D eigenvalue weighted by Gasteiger charge is 2.15. The molecule has 8 nitrogen and oxygen atoms in total. The number of hydrogen-bond donors (Lipinski definition) is 1. The van der Waals surface area contributed by atoms with Crippen LogP contribution in [0, 0.1) is 6.92 Å². The van der Waals surface area contributed by atoms with Gasteiger partial charge in [0.05, 0.1) is 5.69 Å². The summed E-state index contributed by atoms with van der Waals surface area (Å²) in [7, 11) is 0. The molecule has 4 aromatic heterocycles. The van der Waals surface area contributed by atoms with Gasteiger partial charge in [0.15, 0.2) is 10.8 Å². The van der Waals surface area contributed by atoms with Gasteiger partial charge in [-0.1, -0.05) is 6.07 Å². The number of rotatable bonds is 4. The molecular formula is C18H13N7OS. The van der Waals surface area contributed by atoms with Crippen molar-refractivity contribution in [3.05, 3.63) is 65.1 Å². The molecule has 0 aliphatic heterocycles. The zero-order chi connectivity index (χ0) is 18.6. The summed E-state index contributed by atoms with van der Waals surface area (Å²) in [6.45, 7) is 1.73. The average Bonchev–Trinajstić information content (AvgIpc) is 3.19. The number of carbonyl (C=O) groups is 1. The van der Waals surface area contributed by atoms with Crippen LogP contribution in [0.4, 0.5) is 5.95 Å². The van der Waals surface area contributed by atoms with Gasteiger partial charge in [0.25, 0.3) is 5.91 Å². The van der Waals surface area contributed by atoms with Crippen LogP contribution in [0.3, 0.4) is 0 Å². The summed E-state index contributed by atoms with van der Waals surface area (Å²) in [5.74, 6) is 0.666. The maximum atomic E-state index is 12.5. The Bertz CT molecular complexity index is 1080. The van der Waals surface area contributed by atoms with E-state index >= 15 is 0 Å². The number of carbonyl (C=O) groups excluding carboxylic acids is 1. The molecule has 4 rings (SSSR count). The first kappa shape index (κ1) is 16.9. The van der Waals surface area contributed by atoms with E-state index in [2.05, 4.69) is 35.2 Å². The molecule has 0 unspecified atom stereocenters. The highest BCUT2D eigenvalue weighted by Crippen LogP contribution is 2.22. The zero-order valence-electron chi connectivity index (χ0n) is 14.2. The molecule has 4 heterocycles. The van der Waals surface area contributed by atoms with Crippen molar-refractivity contribution in [1.29, 1.82) is 0 Å². The largest absolute Gasteiger partial charge is 0.288 e. The first-order valence-electron chi connectivity index (χ1n) is 8.00. The van der Waals surface area contributed by atoms with Gasteiger partial charge in [0.1, 0.15) is 11.5 Å². The lowest BCUT2D eigenvalue weighted by Gasteiger charge is -2.05. The molecule has 1 N–H and O–H groups in total. The van der Waals surface area contributed by atoms with Gasteiger partial charge in [-0.25, -0.2) is 9.97 Å². The SMILES string of the molecule is Cc1nc(NC(=O)c2nc(-c3ccncc3)cs2)nc(-c2ccccn2)n1. The monoisotopic (exact) mass is 375 g/mol. The number of pyridine rings is 2. The molecule has 0 aliphatic carbocycles. The third-order valence-electron chi connectivity index (χ3n) is 3.54. The fourth-order valence-corrected chi connectivity index (χ4v) is 3.06. The molecule has 0 saturated heterocycles. The Morgan fingerprint density at radius 1 is 0.963 bits per heavy atom. The zero-order valence-corrected chi connectivity index (χ0v) is 15.0. The Morgan fingerprint density at radius 2 is 1.81 bits per heavy atom. The average molecular weight is 375 g/mol. The van der Waals surface area contributed by atoms with Crippen molar-refractivity contribution in [2.75, 3.05) is 5.32 Å². The number of anilines is 1. The Hall–Kier alpha value is -3.59. The minimum absolute atomic E-state index is 0.161. The van der Waals surface area contributed by atoms with E-state index in [1.165, 1.54) is 11.3 Å². The Labute approximate surface area is 158 Å². The molecule has 27 heavy (non-hydrogen) atoms. The van der Waals surface area contributed by atoms with E-state index in [9.17, 15) is 4.79 Å². The van der Waals surface area contributed by atoms with E-state index in [1.807, 2.05) is 29.6 Å². The minimum Gasteiger partial charge on any atom is -0.288 e. The summed E-state index contributed by atoms with van der Waals surface area (Å²) in [5.41, 5.74) is 2.22. The Morgan fingerprint density at radius 3 is 2.59 bits per heavy atom. The molecule has 132 valence electrons. The fourth-order valence-electron chi connectivity index (χ4n) is 2.34. The number of hydrogen-bond acceptors (Lipinski definition) is 8. The molecule has 9 heteroatoms. The summed E-state index contributed by atoms with van der Waals surface area (Å²) >= 11 is 1.25. The molecule has 0 bridgehead atoms. The molecule has 0 atom stereocenters. The number of thiazole rings is 1. The van der Waals surface area contributed by atoms with Gasteiger partial charge in [-0.15, -0.1) is 11.3 Å². The van der Waals surface area contributed by atoms with Gasteiger partial charge in [-0.05, 0) is 31.2 Å². The third kappa shape index (κ3) is 3.82. The highest BCUT2D eigenvalue weighted by molar-refractivity contribution is 7.12. The molecule has 0 aromatic carbocycles. The van der Waals surface area contributed by atoms with Crippen molar-refractivity contribution >= 4 is 23.2 Å². The molecule has 0 saturated carbocycles. The number of nitrogens with one attached hydrogen (secondary N) is 1. The van der Waals surface area contributed by atoms with Crippen LogP contribution < -0.4 is 5.32 Å². The van der Waals surface area contributed by atoms with Crippen molar-refractivity contribution in [3.8, 4) is 22.8 Å². The van der Waals surface area contributed by atoms with E-state index < -0.39 is 0 Å². The summed E-state index contributed by atoms with van der Waals surface area (Å²) in [6, 6.07) is 9.12. The summed E-state index contributed by atoms with van der Waals surface area (Å²) < 4.78 is 0. The van der Waals surface area contributed by atoms with Gasteiger partial charge in [0, 0.05) is 29.5 Å². The maximum Gasteiger partial charge on any atom is 0.287 e. The number of amides is 1. The second kappa shape index (κ2) is 7.34. The van der Waals surface area contributed by atoms with Crippen LogP contribution in [0.5, 0.6) is 0 Å². The van der Waals surface area contributed by atoms with Gasteiger partial charge in [-0.2, -0.15) is 9.97 Å². The molecular weight excluding hydrogens is 362 g/mol. The third-order valence-corrected chi connectivity index (χ3v) is 4.38. The van der Waals surface area contributed by atoms with Crippen molar-refractivity contribution in [2.24, 2.45) is 0 Å². The molecule has 0 aliphatic rings. The van der Waals surface area contributed by atoms with Crippen molar-refractivity contribution in [3.63, 3.8) is 0 Å². The standard InChI is InChI=1S/C18H13N7OS/c1-11-21-15(13-4-2-3-7-20-13)24-18(22-11)25-16(26)17-23-14(10-27-17)12-5-8-19-9-6-12/h2-10H,1H3,(H,21,22,24,25,26). The van der Waals surface area contributed by atoms with Crippen molar-refractivity contribution < 1.29 is 4.79 Å². The van der Waals surface area contributed by atoms with E-state index in [1.54, 1.807) is 31.6 Å². The fraction of sp³-hybridized carbons (Fsp3) is 0.0556. The minimum atomic E-state index is -0.377. The van der Waals surface area contributed by atoms with Crippen LogP contribution in [0.1, 0.15) is 15.6 Å². The molecule has 0 spiro atoms. The lowest BCUT2D eigenvalue weighted by molar-refractivity contribution is 0.102. The van der Waals surface area contributed by atoms with Gasteiger partial charge in [0.2, 0.25) is 5.95 Å². The van der Waals surface area contributed by atoms with Crippen LogP contribution in [0.2, 0.25) is 0 Å². The topological polar surface area (TPSA) is 106 Å². The molecule has 1 amide bonds. The number of nitrogens with zero attached hydrogens (tertiary/aromatic N) is 6. The quantitative estimate of drug-likeness (QED) is 0.584. The van der Waals surface area contributed by atoms with Gasteiger partial charge in [-0.3, -0.25) is 20.1 Å². The summed E-state index contributed by atoms with van der Waals surface area (Å²) in [6.07, 6.45) is 5.02. The van der Waals surface area contributed by atoms with Crippen LogP contribution in [0.15, 0.2) is 54.3 Å². The maximum absolute atomic E-state index is 12.5. The Balaban J connectivity index is 1.57. The predicted octanol–water partition coefficient (Wildman–Crippen LogP) is 3.01. The summed E-state index contributed by atoms with van der Waals surface area (Å²) in [5, 5.41) is 4.82. The van der Waals surface area contributed by atoms with Crippen LogP contribution in [-0.2, 0) is 0 Å². The lowest BCUT2D eigenvalue weighted by Crippen LogP contribution is -2.15. The lowest BCUT2D eigenvalue weighted by atomic mass is 10.2. The van der Waals surface area contributed by atoms with E-state index in [0.717, 1.165) is 5.56 Å². The van der Waals surface area contributed by atoms with Crippen LogP contribution in [0.25, 0.3) is 22.8 Å². The first-order valence-corrected chi connectivity index (χ1v) is 8.88. The molecule has 4 aromatic rings. The van der Waals surface area contributed by atoms with Crippen molar-refractivity contribution in [1.82, 2.24) is 29.9 Å². The first-order chi connectivity index (χ1) is 13.2. The Kier molecular flexibility index (Phi) is 4.58. The van der Waals surface area contributed by atoms with Crippen LogP contribution >= 0.6 is 11.3 Å². The van der Waals surface area contributed by atoms with E-state index in [0.29, 0.717) is 28.0 Å². The highest BCUT2D eigenvalue weighted by atomic mass is 32.1. The molecule has 0 radical (unpaired) electrons. The predicted molar refractivity (Wildman–Crippen MR) is 101 cm³/mol. The second-order valence-electron chi connectivity index (χ2n) is 5.47. The number of aromatic nitrogens is 6. The van der Waals surface area contributed by atoms with Gasteiger partial charge < -0.3 is 0 Å². The van der Waals surface area contributed by atoms with Gasteiger partial charge >= 0.3 is 0 Å². The number of aryl methyl sites for hydroxylation is 1. The van der Waals surface area contributed by atoms with Crippen LogP contribution in [-0.4, -0.2) is 35.8 Å². The smallest absolute Gasteiger partial charge is 0.287 e. The molecule has 0 fully saturated rings. The second-order valence-corrected chi connectivity index (χ2v) is 6.33. The van der Waals surface area contributed by atoms with Crippen molar-refractivity contribution in [2.45, 2.75) is 6.92 Å². The van der Waals surface area contributed by atoms with E-state index in [4.69, 9.17) is 0 Å².